The number of aromatic nitrogens is 1. The van der Waals surface area contributed by atoms with E-state index >= 15 is 0 Å². The van der Waals surface area contributed by atoms with Crippen LogP contribution in [0.3, 0.4) is 0 Å². The average Bonchev–Trinajstić information content (AvgIpc) is 3.37. The predicted octanol–water partition coefficient (Wildman–Crippen LogP) is 5.48. The summed E-state index contributed by atoms with van der Waals surface area (Å²) in [6.45, 7) is 16.0. The molecule has 0 radical (unpaired) electrons. The van der Waals surface area contributed by atoms with Crippen LogP contribution in [0.1, 0.15) is 48.7 Å². The molecule has 1 amide bonds. The van der Waals surface area contributed by atoms with Crippen molar-refractivity contribution >= 4 is 32.6 Å². The number of rotatable bonds is 12. The second-order valence-electron chi connectivity index (χ2n) is 9.24. The molecular formula is C29H39N3O5S. The molecule has 0 unspecified atom stereocenters. The molecule has 1 saturated heterocycles. The molecule has 2 aromatic carbocycles. The first kappa shape index (κ1) is 28.1. The Kier molecular flexibility index (Phi) is 9.82. The van der Waals surface area contributed by atoms with Crippen molar-refractivity contribution < 1.29 is 23.7 Å². The Bertz CT molecular complexity index is 1170. The van der Waals surface area contributed by atoms with Crippen LogP contribution in [0.2, 0.25) is 0 Å². The number of carbonyl (C=O) groups is 1. The van der Waals surface area contributed by atoms with E-state index < -0.39 is 0 Å². The largest absolute Gasteiger partial charge is 0.490 e. The first-order chi connectivity index (χ1) is 18.5. The van der Waals surface area contributed by atoms with E-state index in [-0.39, 0.29) is 5.91 Å². The molecule has 1 aliphatic rings. The van der Waals surface area contributed by atoms with Crippen LogP contribution in [0.5, 0.6) is 17.2 Å². The van der Waals surface area contributed by atoms with Gasteiger partial charge in [0.2, 0.25) is 5.75 Å². The Morgan fingerprint density at radius 3 is 2.24 bits per heavy atom. The van der Waals surface area contributed by atoms with Gasteiger partial charge in [-0.15, -0.1) is 0 Å². The van der Waals surface area contributed by atoms with Crippen molar-refractivity contribution in [1.29, 1.82) is 0 Å². The van der Waals surface area contributed by atoms with Gasteiger partial charge in [0, 0.05) is 31.7 Å². The zero-order valence-corrected chi connectivity index (χ0v) is 24.0. The Labute approximate surface area is 229 Å². The van der Waals surface area contributed by atoms with Crippen LogP contribution in [0, 0.1) is 13.8 Å². The lowest BCUT2D eigenvalue weighted by molar-refractivity contribution is 0.0376. The third kappa shape index (κ3) is 6.39. The molecule has 3 aromatic rings. The lowest BCUT2D eigenvalue weighted by Gasteiger charge is -2.28. The van der Waals surface area contributed by atoms with Gasteiger partial charge in [-0.25, -0.2) is 4.98 Å². The van der Waals surface area contributed by atoms with Crippen molar-refractivity contribution in [3.05, 3.63) is 41.0 Å². The average molecular weight is 542 g/mol. The number of nitrogens with zero attached hydrogens (tertiary/aromatic N) is 3. The Morgan fingerprint density at radius 2 is 1.63 bits per heavy atom. The van der Waals surface area contributed by atoms with Crippen molar-refractivity contribution in [1.82, 2.24) is 9.88 Å². The highest BCUT2D eigenvalue weighted by Gasteiger charge is 2.26. The van der Waals surface area contributed by atoms with Crippen molar-refractivity contribution in [2.75, 3.05) is 64.1 Å². The summed E-state index contributed by atoms with van der Waals surface area (Å²) in [6, 6.07) is 7.72. The number of hydrogen-bond donors (Lipinski definition) is 0. The highest BCUT2D eigenvalue weighted by molar-refractivity contribution is 7.22. The van der Waals surface area contributed by atoms with Gasteiger partial charge in [-0.05, 0) is 64.3 Å². The third-order valence-electron chi connectivity index (χ3n) is 6.52. The predicted molar refractivity (Wildman–Crippen MR) is 153 cm³/mol. The van der Waals surface area contributed by atoms with E-state index in [4.69, 9.17) is 23.9 Å². The van der Waals surface area contributed by atoms with Crippen LogP contribution < -0.4 is 19.1 Å². The number of aryl methyl sites for hydroxylation is 2. The maximum atomic E-state index is 14.2. The topological polar surface area (TPSA) is 73.4 Å². The van der Waals surface area contributed by atoms with Gasteiger partial charge in [-0.1, -0.05) is 23.5 Å². The van der Waals surface area contributed by atoms with Gasteiger partial charge in [0.1, 0.15) is 0 Å². The molecule has 0 spiro atoms. The summed E-state index contributed by atoms with van der Waals surface area (Å²) in [7, 11) is 0. The van der Waals surface area contributed by atoms with Crippen LogP contribution in [-0.4, -0.2) is 75.0 Å². The second kappa shape index (κ2) is 13.3. The molecule has 0 aliphatic carbocycles. The summed E-state index contributed by atoms with van der Waals surface area (Å²) in [5.41, 5.74) is 3.70. The fourth-order valence-electron chi connectivity index (χ4n) is 4.59. The van der Waals surface area contributed by atoms with E-state index in [9.17, 15) is 4.79 Å². The Hall–Kier alpha value is -2.88. The van der Waals surface area contributed by atoms with Gasteiger partial charge >= 0.3 is 0 Å². The number of benzene rings is 2. The summed E-state index contributed by atoms with van der Waals surface area (Å²) in [4.78, 5) is 23.3. The smallest absolute Gasteiger partial charge is 0.260 e. The molecule has 2 heterocycles. The molecule has 1 aliphatic heterocycles. The zero-order valence-electron chi connectivity index (χ0n) is 23.2. The van der Waals surface area contributed by atoms with Crippen molar-refractivity contribution in [3.63, 3.8) is 0 Å². The standard InChI is InChI=1S/C29H39N3O5S/c1-6-35-23-18-22(19-24(36-7-2)26(23)37-8-3)28(33)32(13-9-12-31-14-16-34-17-15-31)29-30-25-20(4)10-11-21(5)27(25)38-29/h10-11,18-19H,6-9,12-17H2,1-5H3. The number of fused-ring (bicyclic) bond motifs is 1. The normalized spacial score (nSPS) is 14.0. The quantitative estimate of drug-likeness (QED) is 0.301. The fraction of sp³-hybridized carbons (Fsp3) is 0.517. The maximum absolute atomic E-state index is 14.2. The molecule has 0 saturated carbocycles. The number of amides is 1. The number of carbonyl (C=O) groups excluding carboxylic acids is 1. The van der Waals surface area contributed by atoms with E-state index in [1.807, 2.05) is 25.7 Å². The van der Waals surface area contributed by atoms with Crippen LogP contribution in [0.4, 0.5) is 5.13 Å². The molecule has 206 valence electrons. The molecule has 4 rings (SSSR count). The molecular weight excluding hydrogens is 502 g/mol. The molecule has 9 heteroatoms. The first-order valence-corrected chi connectivity index (χ1v) is 14.3. The maximum Gasteiger partial charge on any atom is 0.260 e. The highest BCUT2D eigenvalue weighted by Crippen LogP contribution is 2.40. The SMILES string of the molecule is CCOc1cc(C(=O)N(CCCN2CCOCC2)c2nc3c(C)ccc(C)c3s2)cc(OCC)c1OCC. The number of thiazole rings is 1. The van der Waals surface area contributed by atoms with E-state index in [0.29, 0.717) is 54.3 Å². The second-order valence-corrected chi connectivity index (χ2v) is 10.2. The van der Waals surface area contributed by atoms with Crippen LogP contribution in [-0.2, 0) is 4.74 Å². The van der Waals surface area contributed by atoms with Gasteiger partial charge in [-0.3, -0.25) is 14.6 Å². The summed E-state index contributed by atoms with van der Waals surface area (Å²) < 4.78 is 24.2. The Balaban J connectivity index is 1.71. The van der Waals surface area contributed by atoms with Crippen LogP contribution in [0.25, 0.3) is 10.2 Å². The summed E-state index contributed by atoms with van der Waals surface area (Å²) in [5, 5.41) is 0.703. The Morgan fingerprint density at radius 1 is 1.00 bits per heavy atom. The monoisotopic (exact) mass is 541 g/mol. The number of anilines is 1. The van der Waals surface area contributed by atoms with Crippen molar-refractivity contribution in [2.24, 2.45) is 0 Å². The highest BCUT2D eigenvalue weighted by atomic mass is 32.1. The third-order valence-corrected chi connectivity index (χ3v) is 7.74. The van der Waals surface area contributed by atoms with Gasteiger partial charge in [-0.2, -0.15) is 0 Å². The summed E-state index contributed by atoms with van der Waals surface area (Å²) in [6.07, 6.45) is 0.827. The van der Waals surface area contributed by atoms with Gasteiger partial charge in [0.15, 0.2) is 16.6 Å². The molecule has 0 atom stereocenters. The minimum Gasteiger partial charge on any atom is -0.490 e. The minimum atomic E-state index is -0.133. The number of morpholine rings is 1. The van der Waals surface area contributed by atoms with Crippen LogP contribution >= 0.6 is 11.3 Å². The molecule has 0 N–H and O–H groups in total. The van der Waals surface area contributed by atoms with E-state index in [1.165, 1.54) is 0 Å². The first-order valence-electron chi connectivity index (χ1n) is 13.5. The fourth-order valence-corrected chi connectivity index (χ4v) is 5.73. The van der Waals surface area contributed by atoms with Gasteiger partial charge < -0.3 is 18.9 Å². The molecule has 8 nitrogen and oxygen atoms in total. The van der Waals surface area contributed by atoms with Gasteiger partial charge in [0.05, 0.1) is 43.3 Å². The number of hydrogen-bond acceptors (Lipinski definition) is 8. The molecule has 38 heavy (non-hydrogen) atoms. The summed E-state index contributed by atoms with van der Waals surface area (Å²) in [5.74, 6) is 1.41. The summed E-state index contributed by atoms with van der Waals surface area (Å²) >= 11 is 1.57. The van der Waals surface area contributed by atoms with Gasteiger partial charge in [0.25, 0.3) is 5.91 Å². The molecule has 0 bridgehead atoms. The zero-order chi connectivity index (χ0) is 27.1. The van der Waals surface area contributed by atoms with E-state index in [0.717, 1.165) is 60.6 Å². The lowest BCUT2D eigenvalue weighted by atomic mass is 10.1. The van der Waals surface area contributed by atoms with Crippen LogP contribution in [0.15, 0.2) is 24.3 Å². The molecule has 1 aromatic heterocycles. The lowest BCUT2D eigenvalue weighted by Crippen LogP contribution is -2.39. The van der Waals surface area contributed by atoms with E-state index in [1.54, 1.807) is 23.5 Å². The van der Waals surface area contributed by atoms with E-state index in [2.05, 4.69) is 30.9 Å². The number of ether oxygens (including phenoxy) is 4. The minimum absolute atomic E-state index is 0.133. The van der Waals surface area contributed by atoms with Crippen molar-refractivity contribution in [3.8, 4) is 17.2 Å². The van der Waals surface area contributed by atoms with Crippen molar-refractivity contribution in [2.45, 2.75) is 41.0 Å². The molecule has 1 fully saturated rings.